The Morgan fingerprint density at radius 3 is 2.21 bits per heavy atom. The van der Waals surface area contributed by atoms with E-state index in [1.165, 1.54) is 13.2 Å². The summed E-state index contributed by atoms with van der Waals surface area (Å²) in [5, 5.41) is 29.6. The molecule has 0 fully saturated rings. The topological polar surface area (TPSA) is 87.0 Å². The minimum atomic E-state index is -0.915. The maximum Gasteiger partial charge on any atom is 0.305 e. The highest BCUT2D eigenvalue weighted by Gasteiger charge is 2.13. The van der Waals surface area contributed by atoms with Crippen LogP contribution in [-0.2, 0) is 9.53 Å². The molecule has 0 aliphatic rings. The number of methoxy groups -OCH3 is 1. The molecule has 0 aromatic heterocycles. The van der Waals surface area contributed by atoms with E-state index in [2.05, 4.69) is 11.7 Å². The predicted molar refractivity (Wildman–Crippen MR) is 95.6 cm³/mol. The summed E-state index contributed by atoms with van der Waals surface area (Å²) in [5.41, 5.74) is 0. The lowest BCUT2D eigenvalue weighted by molar-refractivity contribution is -0.140. The van der Waals surface area contributed by atoms with Crippen molar-refractivity contribution in [3.8, 4) is 0 Å². The summed E-state index contributed by atoms with van der Waals surface area (Å²) < 4.78 is 4.57. The minimum Gasteiger partial charge on any atom is -0.469 e. The summed E-state index contributed by atoms with van der Waals surface area (Å²) in [5.74, 6) is -0.180. The summed E-state index contributed by atoms with van der Waals surface area (Å²) in [4.78, 5) is 10.9. The van der Waals surface area contributed by atoms with E-state index in [0.717, 1.165) is 51.4 Å². The maximum atomic E-state index is 10.9. The van der Waals surface area contributed by atoms with E-state index in [1.807, 2.05) is 0 Å². The van der Waals surface area contributed by atoms with Gasteiger partial charge in [0.25, 0.3) is 0 Å². The molecule has 0 aliphatic carbocycles. The van der Waals surface area contributed by atoms with Gasteiger partial charge < -0.3 is 20.1 Å². The van der Waals surface area contributed by atoms with Gasteiger partial charge in [-0.1, -0.05) is 64.0 Å². The third-order valence-electron chi connectivity index (χ3n) is 4.14. The van der Waals surface area contributed by atoms with Gasteiger partial charge in [-0.15, -0.1) is 0 Å². The molecule has 0 aromatic rings. The van der Waals surface area contributed by atoms with Gasteiger partial charge in [-0.05, 0) is 19.3 Å². The number of carbonyl (C=O) groups excluding carboxylic acids is 1. The van der Waals surface area contributed by atoms with Gasteiger partial charge in [-0.3, -0.25) is 4.79 Å². The Bertz CT molecular complexity index is 330. The Morgan fingerprint density at radius 1 is 0.917 bits per heavy atom. The standard InChI is InChI=1S/C19H36O5/c1-3-4-5-9-12-17(21)18(22)15-14-16(20)11-8-6-7-10-13-19(23)24-2/h14-18,20-22H,3-13H2,1-2H3/b15-14+/t16-,17+,18+/m1/s1. The molecule has 0 rings (SSSR count). The molecule has 0 unspecified atom stereocenters. The normalized spacial score (nSPS) is 15.4. The van der Waals surface area contributed by atoms with Gasteiger partial charge >= 0.3 is 5.97 Å². The molecule has 0 aromatic carbocycles. The second-order valence-electron chi connectivity index (χ2n) is 6.39. The number of rotatable bonds is 15. The number of hydrogen-bond donors (Lipinski definition) is 3. The number of carbonyl (C=O) groups is 1. The maximum absolute atomic E-state index is 10.9. The van der Waals surface area contributed by atoms with Crippen molar-refractivity contribution in [3.63, 3.8) is 0 Å². The molecule has 5 nitrogen and oxygen atoms in total. The van der Waals surface area contributed by atoms with Crippen LogP contribution in [0.5, 0.6) is 0 Å². The lowest BCUT2D eigenvalue weighted by atomic mass is 10.0. The van der Waals surface area contributed by atoms with Crippen LogP contribution in [0.4, 0.5) is 0 Å². The molecule has 3 atom stereocenters. The fraction of sp³-hybridized carbons (Fsp3) is 0.842. The number of unbranched alkanes of at least 4 members (excludes halogenated alkanes) is 6. The fourth-order valence-electron chi connectivity index (χ4n) is 2.50. The second kappa shape index (κ2) is 15.6. The molecule has 3 N–H and O–H groups in total. The first kappa shape index (κ1) is 23.1. The zero-order chi connectivity index (χ0) is 18.2. The van der Waals surface area contributed by atoms with Crippen LogP contribution in [0.25, 0.3) is 0 Å². The summed E-state index contributed by atoms with van der Waals surface area (Å²) >= 11 is 0. The average Bonchev–Trinajstić information content (AvgIpc) is 2.58. The fourth-order valence-corrected chi connectivity index (χ4v) is 2.50. The lowest BCUT2D eigenvalue weighted by Crippen LogP contribution is -2.24. The zero-order valence-electron chi connectivity index (χ0n) is 15.3. The molecule has 0 saturated heterocycles. The third kappa shape index (κ3) is 13.5. The average molecular weight is 344 g/mol. The first-order valence-corrected chi connectivity index (χ1v) is 9.30. The molecule has 0 saturated carbocycles. The number of hydrogen-bond acceptors (Lipinski definition) is 5. The lowest BCUT2D eigenvalue weighted by Gasteiger charge is -2.15. The summed E-state index contributed by atoms with van der Waals surface area (Å²) in [6, 6.07) is 0. The number of aliphatic hydroxyl groups is 3. The van der Waals surface area contributed by atoms with Crippen molar-refractivity contribution in [3.05, 3.63) is 12.2 Å². The SMILES string of the molecule is CCCCCC[C@H](O)[C@@H](O)/C=C/[C@H](O)CCCCCCC(=O)OC. The van der Waals surface area contributed by atoms with Gasteiger partial charge in [0.1, 0.15) is 0 Å². The molecule has 0 radical (unpaired) electrons. The molecule has 0 amide bonds. The van der Waals surface area contributed by atoms with Gasteiger partial charge in [0.2, 0.25) is 0 Å². The van der Waals surface area contributed by atoms with Crippen LogP contribution in [0.1, 0.15) is 77.6 Å². The highest BCUT2D eigenvalue weighted by molar-refractivity contribution is 5.68. The molecule has 0 bridgehead atoms. The molecule has 24 heavy (non-hydrogen) atoms. The minimum absolute atomic E-state index is 0.180. The van der Waals surface area contributed by atoms with Crippen molar-refractivity contribution >= 4 is 5.97 Å². The van der Waals surface area contributed by atoms with Crippen LogP contribution in [-0.4, -0.2) is 46.7 Å². The Morgan fingerprint density at radius 2 is 1.54 bits per heavy atom. The van der Waals surface area contributed by atoms with Crippen LogP contribution in [0, 0.1) is 0 Å². The zero-order valence-corrected chi connectivity index (χ0v) is 15.3. The summed E-state index contributed by atoms with van der Waals surface area (Å²) in [7, 11) is 1.39. The van der Waals surface area contributed by atoms with Crippen molar-refractivity contribution in [2.75, 3.05) is 7.11 Å². The number of ether oxygens (including phenoxy) is 1. The van der Waals surface area contributed by atoms with Crippen LogP contribution in [0.15, 0.2) is 12.2 Å². The molecular formula is C19H36O5. The van der Waals surface area contributed by atoms with Gasteiger partial charge in [0.15, 0.2) is 0 Å². The van der Waals surface area contributed by atoms with Crippen molar-refractivity contribution in [2.45, 2.75) is 95.9 Å². The van der Waals surface area contributed by atoms with E-state index in [1.54, 1.807) is 6.08 Å². The molecule has 0 aliphatic heterocycles. The summed E-state index contributed by atoms with van der Waals surface area (Å²) in [6.07, 6.45) is 10.3. The van der Waals surface area contributed by atoms with Crippen molar-refractivity contribution in [2.24, 2.45) is 0 Å². The Kier molecular flexibility index (Phi) is 15.0. The molecule has 0 spiro atoms. The van der Waals surface area contributed by atoms with Crippen LogP contribution in [0.2, 0.25) is 0 Å². The molecule has 142 valence electrons. The Labute approximate surface area is 146 Å². The first-order chi connectivity index (χ1) is 11.5. The van der Waals surface area contributed by atoms with Crippen molar-refractivity contribution in [1.82, 2.24) is 0 Å². The highest BCUT2D eigenvalue weighted by atomic mass is 16.5. The van der Waals surface area contributed by atoms with Crippen molar-refractivity contribution in [1.29, 1.82) is 0 Å². The van der Waals surface area contributed by atoms with E-state index in [0.29, 0.717) is 19.3 Å². The van der Waals surface area contributed by atoms with Gasteiger partial charge in [0.05, 0.1) is 25.4 Å². The summed E-state index contributed by atoms with van der Waals surface area (Å²) in [6.45, 7) is 2.13. The van der Waals surface area contributed by atoms with E-state index in [9.17, 15) is 20.1 Å². The van der Waals surface area contributed by atoms with E-state index in [-0.39, 0.29) is 5.97 Å². The molecule has 0 heterocycles. The van der Waals surface area contributed by atoms with Gasteiger partial charge in [-0.2, -0.15) is 0 Å². The number of aliphatic hydroxyl groups excluding tert-OH is 3. The monoisotopic (exact) mass is 344 g/mol. The third-order valence-corrected chi connectivity index (χ3v) is 4.14. The van der Waals surface area contributed by atoms with Crippen molar-refractivity contribution < 1.29 is 24.9 Å². The van der Waals surface area contributed by atoms with E-state index >= 15 is 0 Å². The van der Waals surface area contributed by atoms with Gasteiger partial charge in [-0.25, -0.2) is 0 Å². The van der Waals surface area contributed by atoms with Crippen LogP contribution < -0.4 is 0 Å². The quantitative estimate of drug-likeness (QED) is 0.241. The van der Waals surface area contributed by atoms with Crippen LogP contribution >= 0.6 is 0 Å². The van der Waals surface area contributed by atoms with Gasteiger partial charge in [0, 0.05) is 6.42 Å². The molecular weight excluding hydrogens is 308 g/mol. The number of esters is 1. The van der Waals surface area contributed by atoms with E-state index in [4.69, 9.17) is 0 Å². The Hall–Kier alpha value is -0.910. The van der Waals surface area contributed by atoms with Crippen LogP contribution in [0.3, 0.4) is 0 Å². The largest absolute Gasteiger partial charge is 0.469 e. The second-order valence-corrected chi connectivity index (χ2v) is 6.39. The smallest absolute Gasteiger partial charge is 0.305 e. The predicted octanol–water partition coefficient (Wildman–Crippen LogP) is 3.11. The van der Waals surface area contributed by atoms with E-state index < -0.39 is 18.3 Å². The Balaban J connectivity index is 3.71. The highest BCUT2D eigenvalue weighted by Crippen LogP contribution is 2.11. The molecule has 5 heteroatoms. The first-order valence-electron chi connectivity index (χ1n) is 9.30.